The van der Waals surface area contributed by atoms with Crippen LogP contribution in [0, 0.1) is 5.92 Å². The molecule has 2 unspecified atom stereocenters. The van der Waals surface area contributed by atoms with Gasteiger partial charge in [0.05, 0.1) is 16.9 Å². The van der Waals surface area contributed by atoms with E-state index < -0.39 is 10.0 Å². The predicted octanol–water partition coefficient (Wildman–Crippen LogP) is 0.634. The van der Waals surface area contributed by atoms with Crippen molar-refractivity contribution in [3.8, 4) is 0 Å². The highest BCUT2D eigenvalue weighted by Gasteiger charge is 2.45. The second kappa shape index (κ2) is 4.98. The van der Waals surface area contributed by atoms with Crippen molar-refractivity contribution in [3.63, 3.8) is 0 Å². The first kappa shape index (κ1) is 13.8. The summed E-state index contributed by atoms with van der Waals surface area (Å²) in [7, 11) is -3.65. The van der Waals surface area contributed by atoms with E-state index in [1.54, 1.807) is 0 Å². The fourth-order valence-electron chi connectivity index (χ4n) is 2.89. The lowest BCUT2D eigenvalue weighted by Crippen LogP contribution is -2.48. The Hall–Kier alpha value is -1.18. The molecule has 3 heterocycles. The van der Waals surface area contributed by atoms with Gasteiger partial charge in [-0.15, -0.1) is 0 Å². The number of rotatable bonds is 2. The van der Waals surface area contributed by atoms with E-state index in [0.29, 0.717) is 19.5 Å². The van der Waals surface area contributed by atoms with Crippen LogP contribution in [0.3, 0.4) is 0 Å². The summed E-state index contributed by atoms with van der Waals surface area (Å²) in [5.41, 5.74) is 0. The smallest absolute Gasteiger partial charge is 0.243 e. The molecule has 108 valence electrons. The van der Waals surface area contributed by atoms with Crippen LogP contribution < -0.4 is 5.32 Å². The highest BCUT2D eigenvalue weighted by molar-refractivity contribution is 7.89. The van der Waals surface area contributed by atoms with Crippen LogP contribution in [0.1, 0.15) is 12.8 Å². The van der Waals surface area contributed by atoms with E-state index in [4.69, 9.17) is 11.6 Å². The topological polar surface area (TPSA) is 79.4 Å². The summed E-state index contributed by atoms with van der Waals surface area (Å²) in [6.07, 6.45) is 2.79. The molecule has 0 radical (unpaired) electrons. The number of pyridine rings is 1. The average molecular weight is 316 g/mol. The van der Waals surface area contributed by atoms with Gasteiger partial charge >= 0.3 is 0 Å². The van der Waals surface area contributed by atoms with E-state index in [1.165, 1.54) is 22.6 Å². The predicted molar refractivity (Wildman–Crippen MR) is 72.7 cm³/mol. The van der Waals surface area contributed by atoms with Gasteiger partial charge in [0.25, 0.3) is 0 Å². The lowest BCUT2D eigenvalue weighted by Gasteiger charge is -2.34. The van der Waals surface area contributed by atoms with Gasteiger partial charge in [0.15, 0.2) is 0 Å². The Morgan fingerprint density at radius 2 is 2.25 bits per heavy atom. The number of carbonyl (C=O) groups is 1. The van der Waals surface area contributed by atoms with Gasteiger partial charge in [-0.2, -0.15) is 4.31 Å². The molecule has 0 spiro atoms. The van der Waals surface area contributed by atoms with Crippen molar-refractivity contribution in [2.45, 2.75) is 23.8 Å². The molecular weight excluding hydrogens is 302 g/mol. The quantitative estimate of drug-likeness (QED) is 0.812. The van der Waals surface area contributed by atoms with Crippen molar-refractivity contribution in [2.24, 2.45) is 5.92 Å². The summed E-state index contributed by atoms with van der Waals surface area (Å²) in [6, 6.07) is 2.47. The molecule has 1 N–H and O–H groups in total. The van der Waals surface area contributed by atoms with E-state index in [-0.39, 0.29) is 27.9 Å². The number of aromatic nitrogens is 1. The Bertz CT molecular complexity index is 649. The number of carbonyl (C=O) groups excluding carboxylic acids is 1. The van der Waals surface area contributed by atoms with E-state index in [2.05, 4.69) is 10.3 Å². The number of piperidine rings is 1. The number of sulfonamides is 1. The lowest BCUT2D eigenvalue weighted by atomic mass is 9.93. The molecule has 0 saturated carbocycles. The first-order valence-electron chi connectivity index (χ1n) is 6.41. The van der Waals surface area contributed by atoms with E-state index >= 15 is 0 Å². The number of hydrogen-bond acceptors (Lipinski definition) is 4. The van der Waals surface area contributed by atoms with Gasteiger partial charge in [-0.1, -0.05) is 11.6 Å². The highest BCUT2D eigenvalue weighted by atomic mass is 35.5. The average Bonchev–Trinajstić information content (AvgIpc) is 2.80. The second-order valence-corrected chi connectivity index (χ2v) is 7.27. The van der Waals surface area contributed by atoms with Crippen LogP contribution in [0.15, 0.2) is 23.2 Å². The normalized spacial score (nSPS) is 27.1. The van der Waals surface area contributed by atoms with E-state index in [9.17, 15) is 13.2 Å². The third kappa shape index (κ3) is 2.19. The summed E-state index contributed by atoms with van der Waals surface area (Å²) in [4.78, 5) is 15.6. The molecule has 1 amide bonds. The number of nitrogens with one attached hydrogen (secondary N) is 1. The monoisotopic (exact) mass is 315 g/mol. The minimum absolute atomic E-state index is 0.0531. The molecule has 6 nitrogen and oxygen atoms in total. The van der Waals surface area contributed by atoms with Crippen molar-refractivity contribution in [2.75, 3.05) is 13.1 Å². The Kier molecular flexibility index (Phi) is 3.43. The van der Waals surface area contributed by atoms with Gasteiger partial charge < -0.3 is 5.32 Å². The largest absolute Gasteiger partial charge is 0.354 e. The SMILES string of the molecule is O=C1NCC2C1CCCN2S(=O)(=O)c1ccnc(Cl)c1. The minimum Gasteiger partial charge on any atom is -0.354 e. The third-order valence-electron chi connectivity index (χ3n) is 3.85. The molecule has 0 bridgehead atoms. The molecule has 2 saturated heterocycles. The molecule has 2 aliphatic rings. The van der Waals surface area contributed by atoms with Crippen LogP contribution in [0.4, 0.5) is 0 Å². The van der Waals surface area contributed by atoms with Crippen LogP contribution in [0.5, 0.6) is 0 Å². The highest BCUT2D eigenvalue weighted by Crippen LogP contribution is 2.32. The molecule has 2 aliphatic heterocycles. The molecule has 3 rings (SSSR count). The molecule has 0 aliphatic carbocycles. The van der Waals surface area contributed by atoms with Gasteiger partial charge in [-0.05, 0) is 25.0 Å². The maximum Gasteiger partial charge on any atom is 0.243 e. The standard InChI is InChI=1S/C12H14ClN3O3S/c13-11-6-8(3-4-14-11)20(18,19)16-5-1-2-9-10(16)7-15-12(9)17/h3-4,6,9-10H,1-2,5,7H2,(H,15,17). The Balaban J connectivity index is 1.97. The zero-order valence-corrected chi connectivity index (χ0v) is 12.2. The van der Waals surface area contributed by atoms with Crippen LogP contribution in [0.2, 0.25) is 5.15 Å². The van der Waals surface area contributed by atoms with Gasteiger partial charge in [-0.25, -0.2) is 13.4 Å². The molecule has 8 heteroatoms. The number of amides is 1. The second-order valence-electron chi connectivity index (χ2n) is 4.99. The van der Waals surface area contributed by atoms with E-state index in [1.807, 2.05) is 0 Å². The number of halogens is 1. The first-order valence-corrected chi connectivity index (χ1v) is 8.23. The van der Waals surface area contributed by atoms with Crippen molar-refractivity contribution in [1.82, 2.24) is 14.6 Å². The fourth-order valence-corrected chi connectivity index (χ4v) is 4.84. The molecule has 1 aromatic heterocycles. The molecular formula is C12H14ClN3O3S. The maximum absolute atomic E-state index is 12.7. The zero-order valence-electron chi connectivity index (χ0n) is 10.6. The number of nitrogens with zero attached hydrogens (tertiary/aromatic N) is 2. The lowest BCUT2D eigenvalue weighted by molar-refractivity contribution is -0.123. The third-order valence-corrected chi connectivity index (χ3v) is 5.98. The molecule has 2 atom stereocenters. The summed E-state index contributed by atoms with van der Waals surface area (Å²) in [6.45, 7) is 0.806. The van der Waals surface area contributed by atoms with Crippen LogP contribution >= 0.6 is 11.6 Å². The summed E-state index contributed by atoms with van der Waals surface area (Å²) in [5.74, 6) is -0.293. The van der Waals surface area contributed by atoms with Gasteiger partial charge in [-0.3, -0.25) is 4.79 Å². The van der Waals surface area contributed by atoms with Crippen LogP contribution in [-0.4, -0.2) is 42.7 Å². The Morgan fingerprint density at radius 1 is 1.45 bits per heavy atom. The molecule has 1 aromatic rings. The van der Waals surface area contributed by atoms with Crippen molar-refractivity contribution in [3.05, 3.63) is 23.5 Å². The molecule has 0 aromatic carbocycles. The summed E-state index contributed by atoms with van der Waals surface area (Å²) < 4.78 is 26.8. The minimum atomic E-state index is -3.65. The first-order chi connectivity index (χ1) is 9.50. The van der Waals surface area contributed by atoms with Gasteiger partial charge in [0, 0.05) is 19.3 Å². The van der Waals surface area contributed by atoms with Crippen LogP contribution in [-0.2, 0) is 14.8 Å². The van der Waals surface area contributed by atoms with Crippen molar-refractivity contribution < 1.29 is 13.2 Å². The van der Waals surface area contributed by atoms with Crippen LogP contribution in [0.25, 0.3) is 0 Å². The Labute approximate surface area is 122 Å². The Morgan fingerprint density at radius 3 is 3.00 bits per heavy atom. The molecule has 2 fully saturated rings. The fraction of sp³-hybridized carbons (Fsp3) is 0.500. The molecule has 20 heavy (non-hydrogen) atoms. The van der Waals surface area contributed by atoms with Gasteiger partial charge in [0.2, 0.25) is 15.9 Å². The van der Waals surface area contributed by atoms with Crippen molar-refractivity contribution in [1.29, 1.82) is 0 Å². The van der Waals surface area contributed by atoms with Crippen molar-refractivity contribution >= 4 is 27.5 Å². The van der Waals surface area contributed by atoms with Gasteiger partial charge in [0.1, 0.15) is 5.15 Å². The van der Waals surface area contributed by atoms with E-state index in [0.717, 1.165) is 6.42 Å². The number of hydrogen-bond donors (Lipinski definition) is 1. The zero-order chi connectivity index (χ0) is 14.3. The number of fused-ring (bicyclic) bond motifs is 1. The summed E-state index contributed by atoms with van der Waals surface area (Å²) in [5, 5.41) is 2.88. The maximum atomic E-state index is 12.7. The summed E-state index contributed by atoms with van der Waals surface area (Å²) >= 11 is 5.76.